The van der Waals surface area contributed by atoms with Crippen LogP contribution in [0.5, 0.6) is 11.6 Å². The molecule has 4 rings (SSSR count). The Hall–Kier alpha value is -3.14. The Morgan fingerprint density at radius 3 is 2.54 bits per heavy atom. The minimum absolute atomic E-state index is 0.265. The zero-order valence-electron chi connectivity index (χ0n) is 23.5. The van der Waals surface area contributed by atoms with Gasteiger partial charge in [0.25, 0.3) is 0 Å². The molecule has 1 unspecified atom stereocenters. The lowest BCUT2D eigenvalue weighted by Crippen LogP contribution is -2.52. The summed E-state index contributed by atoms with van der Waals surface area (Å²) in [6, 6.07) is 4.34. The zero-order chi connectivity index (χ0) is 28.2. The second kappa shape index (κ2) is 12.4. The van der Waals surface area contributed by atoms with Gasteiger partial charge in [-0.2, -0.15) is 0 Å². The van der Waals surface area contributed by atoms with Crippen molar-refractivity contribution in [3.63, 3.8) is 0 Å². The number of carbonyl (C=O) groups is 2. The molecule has 0 spiro atoms. The topological polar surface area (TPSA) is 134 Å². The number of carboxylic acid groups (broad SMARTS) is 2. The molecular weight excluding hydrogens is 500 g/mol. The lowest BCUT2D eigenvalue weighted by molar-refractivity contribution is -0.142. The number of unbranched alkanes of at least 4 members (excludes halogenated alkanes) is 2. The van der Waals surface area contributed by atoms with Gasteiger partial charge in [-0.05, 0) is 36.3 Å². The first kappa shape index (κ1) is 28.9. The van der Waals surface area contributed by atoms with Crippen molar-refractivity contribution in [3.8, 4) is 11.6 Å². The number of hydrogen-bond donors (Lipinski definition) is 3. The number of methoxy groups -OCH3 is 1. The van der Waals surface area contributed by atoms with E-state index in [1.165, 1.54) is 25.7 Å². The van der Waals surface area contributed by atoms with Gasteiger partial charge >= 0.3 is 12.1 Å². The van der Waals surface area contributed by atoms with E-state index in [4.69, 9.17) is 19.4 Å². The predicted octanol–water partition coefficient (Wildman–Crippen LogP) is 4.74. The number of likely N-dealkylation sites (tertiary alicyclic amines) is 1. The van der Waals surface area contributed by atoms with Crippen molar-refractivity contribution in [3.05, 3.63) is 23.9 Å². The van der Waals surface area contributed by atoms with E-state index >= 15 is 0 Å². The van der Waals surface area contributed by atoms with Crippen molar-refractivity contribution in [1.29, 1.82) is 0 Å². The molecule has 2 aromatic rings. The first-order valence-electron chi connectivity index (χ1n) is 14.0. The molecule has 3 atom stereocenters. The number of ether oxygens (including phenoxy) is 2. The third-order valence-corrected chi connectivity index (χ3v) is 7.82. The highest BCUT2D eigenvalue weighted by atomic mass is 16.5. The first-order chi connectivity index (χ1) is 18.5. The normalized spacial score (nSPS) is 20.6. The minimum atomic E-state index is -1.13. The number of aromatic nitrogens is 2. The molecule has 10 nitrogen and oxygen atoms in total. The zero-order valence-corrected chi connectivity index (χ0v) is 23.5. The van der Waals surface area contributed by atoms with Crippen molar-refractivity contribution in [1.82, 2.24) is 20.2 Å². The number of aliphatic carboxylic acids is 1. The van der Waals surface area contributed by atoms with E-state index in [9.17, 15) is 19.8 Å². The molecule has 3 N–H and O–H groups in total. The van der Waals surface area contributed by atoms with E-state index in [1.807, 2.05) is 39.0 Å². The Labute approximate surface area is 230 Å². The molecule has 0 bridgehead atoms. The molecule has 1 aromatic heterocycles. The van der Waals surface area contributed by atoms with Crippen LogP contribution >= 0.6 is 0 Å². The lowest BCUT2D eigenvalue weighted by Gasteiger charge is -2.35. The van der Waals surface area contributed by atoms with Gasteiger partial charge in [-0.15, -0.1) is 0 Å². The van der Waals surface area contributed by atoms with Crippen LogP contribution in [0.25, 0.3) is 11.0 Å². The molecule has 1 aromatic carbocycles. The second-order valence-electron chi connectivity index (χ2n) is 12.0. The summed E-state index contributed by atoms with van der Waals surface area (Å²) in [4.78, 5) is 35.0. The Kier molecular flexibility index (Phi) is 9.15. The molecule has 1 amide bonds. The Balaban J connectivity index is 1.51. The highest BCUT2D eigenvalue weighted by Crippen LogP contribution is 2.34. The molecule has 10 heteroatoms. The van der Waals surface area contributed by atoms with Crippen LogP contribution in [0.1, 0.15) is 71.4 Å². The number of nitrogens with one attached hydrogen (secondary N) is 1. The van der Waals surface area contributed by atoms with Crippen LogP contribution in [0.15, 0.2) is 18.2 Å². The monoisotopic (exact) mass is 542 g/mol. The number of rotatable bonds is 13. The fourth-order valence-corrected chi connectivity index (χ4v) is 5.23. The van der Waals surface area contributed by atoms with E-state index in [1.54, 1.807) is 12.0 Å². The van der Waals surface area contributed by atoms with Gasteiger partial charge in [-0.3, -0.25) is 9.69 Å². The first-order valence-corrected chi connectivity index (χ1v) is 14.0. The molecular formula is C29H42N4O6. The van der Waals surface area contributed by atoms with Gasteiger partial charge in [-0.25, -0.2) is 14.8 Å². The van der Waals surface area contributed by atoms with Crippen molar-refractivity contribution in [2.24, 2.45) is 11.3 Å². The number of aryl methyl sites for hydroxylation is 1. The fraction of sp³-hybridized carbons (Fsp3) is 0.655. The number of amides is 1. The highest BCUT2D eigenvalue weighted by molar-refractivity contribution is 5.77. The summed E-state index contributed by atoms with van der Waals surface area (Å²) in [6.07, 6.45) is 6.85. The van der Waals surface area contributed by atoms with E-state index in [0.717, 1.165) is 36.4 Å². The molecule has 1 aliphatic carbocycles. The van der Waals surface area contributed by atoms with Crippen molar-refractivity contribution in [2.45, 2.75) is 90.3 Å². The van der Waals surface area contributed by atoms with Gasteiger partial charge in [0.05, 0.1) is 18.1 Å². The molecule has 2 fully saturated rings. The summed E-state index contributed by atoms with van der Waals surface area (Å²) < 4.78 is 11.8. The van der Waals surface area contributed by atoms with Crippen LogP contribution in [0.2, 0.25) is 0 Å². The van der Waals surface area contributed by atoms with Crippen molar-refractivity contribution in [2.75, 3.05) is 20.2 Å². The van der Waals surface area contributed by atoms with Crippen molar-refractivity contribution < 1.29 is 29.3 Å². The number of hydrogen-bond acceptors (Lipinski definition) is 7. The SMILES string of the molecule is COc1ccc2nc(CCCCCC3CC3)c(O[C@@H]3C[C@@H](C(=O)O)N(CC(NC(=O)O)C(C)(C)C)C3)nc2c1. The third-order valence-electron chi connectivity index (χ3n) is 7.82. The molecule has 2 aliphatic rings. The van der Waals surface area contributed by atoms with Gasteiger partial charge in [0, 0.05) is 31.6 Å². The van der Waals surface area contributed by atoms with Gasteiger partial charge in [0.15, 0.2) is 0 Å². The number of benzene rings is 1. The summed E-state index contributed by atoms with van der Waals surface area (Å²) in [7, 11) is 1.60. The quantitative estimate of drug-likeness (QED) is 0.307. The molecule has 1 saturated heterocycles. The molecule has 2 heterocycles. The highest BCUT2D eigenvalue weighted by Gasteiger charge is 2.41. The van der Waals surface area contributed by atoms with Crippen LogP contribution in [0, 0.1) is 11.3 Å². The number of nitrogens with zero attached hydrogens (tertiary/aromatic N) is 3. The maximum Gasteiger partial charge on any atom is 0.404 e. The summed E-state index contributed by atoms with van der Waals surface area (Å²) in [5.74, 6) is 1.09. The average Bonchev–Trinajstić information content (AvgIpc) is 3.61. The summed E-state index contributed by atoms with van der Waals surface area (Å²) in [5, 5.41) is 21.9. The van der Waals surface area contributed by atoms with E-state index in [2.05, 4.69) is 5.32 Å². The molecule has 214 valence electrons. The maximum absolute atomic E-state index is 12.2. The largest absolute Gasteiger partial charge is 0.497 e. The minimum Gasteiger partial charge on any atom is -0.497 e. The van der Waals surface area contributed by atoms with Gasteiger partial charge < -0.3 is 25.0 Å². The number of fused-ring (bicyclic) bond motifs is 1. The third kappa shape index (κ3) is 7.94. The van der Waals surface area contributed by atoms with E-state index < -0.39 is 35.7 Å². The van der Waals surface area contributed by atoms with Crippen LogP contribution < -0.4 is 14.8 Å². The van der Waals surface area contributed by atoms with Crippen LogP contribution in [-0.2, 0) is 11.2 Å². The lowest BCUT2D eigenvalue weighted by atomic mass is 9.86. The van der Waals surface area contributed by atoms with Crippen LogP contribution in [0.3, 0.4) is 0 Å². The maximum atomic E-state index is 12.2. The second-order valence-corrected chi connectivity index (χ2v) is 12.0. The van der Waals surface area contributed by atoms with Crippen LogP contribution in [0.4, 0.5) is 4.79 Å². The van der Waals surface area contributed by atoms with Gasteiger partial charge in [0.1, 0.15) is 23.6 Å². The van der Waals surface area contributed by atoms with E-state index in [-0.39, 0.29) is 13.0 Å². The van der Waals surface area contributed by atoms with Crippen LogP contribution in [-0.4, -0.2) is 75.5 Å². The molecule has 39 heavy (non-hydrogen) atoms. The molecule has 0 radical (unpaired) electrons. The van der Waals surface area contributed by atoms with Crippen molar-refractivity contribution >= 4 is 23.1 Å². The van der Waals surface area contributed by atoms with Gasteiger partial charge in [0.2, 0.25) is 5.88 Å². The Morgan fingerprint density at radius 1 is 1.13 bits per heavy atom. The summed E-state index contributed by atoms with van der Waals surface area (Å²) in [5.41, 5.74) is 1.81. The summed E-state index contributed by atoms with van der Waals surface area (Å²) >= 11 is 0. The predicted molar refractivity (Wildman–Crippen MR) is 147 cm³/mol. The van der Waals surface area contributed by atoms with Gasteiger partial charge in [-0.1, -0.05) is 52.9 Å². The Bertz CT molecular complexity index is 1160. The van der Waals surface area contributed by atoms with E-state index in [0.29, 0.717) is 23.7 Å². The smallest absolute Gasteiger partial charge is 0.404 e. The standard InChI is InChI=1S/C29H42N4O6/c1-29(2,3)25(32-28(36)37)17-33-16-20(15-24(33)27(34)35)39-26-22(9-7-5-6-8-18-10-11-18)30-21-13-12-19(38-4)14-23(21)31-26/h12-14,18,20,24-25,32H,5-11,15-17H2,1-4H3,(H,34,35)(H,36,37)/t20-,24+,25?/m1/s1. The fourth-order valence-electron chi connectivity index (χ4n) is 5.23. The number of carboxylic acids is 1. The molecule has 1 aliphatic heterocycles. The Morgan fingerprint density at radius 2 is 1.90 bits per heavy atom. The summed E-state index contributed by atoms with van der Waals surface area (Å²) in [6.45, 7) is 6.42. The average molecular weight is 543 g/mol. The molecule has 1 saturated carbocycles.